The zero-order valence-corrected chi connectivity index (χ0v) is 12.0. The van der Waals surface area contributed by atoms with Crippen LogP contribution in [0, 0.1) is 0 Å². The summed E-state index contributed by atoms with van der Waals surface area (Å²) in [5, 5.41) is 4.05. The van der Waals surface area contributed by atoms with Gasteiger partial charge < -0.3 is 4.74 Å². The Kier molecular flexibility index (Phi) is 4.17. The molecule has 0 radical (unpaired) electrons. The van der Waals surface area contributed by atoms with E-state index >= 15 is 0 Å². The Morgan fingerprint density at radius 2 is 1.85 bits per heavy atom. The van der Waals surface area contributed by atoms with Crippen molar-refractivity contribution in [2.75, 3.05) is 0 Å². The highest BCUT2D eigenvalue weighted by Crippen LogP contribution is 2.11. The molecule has 5 nitrogen and oxygen atoms in total. The Bertz CT molecular complexity index is 554. The molecule has 0 unspecified atom stereocenters. The normalized spacial score (nSPS) is 11.3. The highest BCUT2D eigenvalue weighted by molar-refractivity contribution is 5.73. The van der Waals surface area contributed by atoms with Gasteiger partial charge in [-0.25, -0.2) is 9.67 Å². The van der Waals surface area contributed by atoms with E-state index in [9.17, 15) is 4.79 Å². The van der Waals surface area contributed by atoms with E-state index in [-0.39, 0.29) is 5.97 Å². The number of hydrogen-bond donors (Lipinski definition) is 0. The van der Waals surface area contributed by atoms with Crippen molar-refractivity contribution in [1.82, 2.24) is 14.8 Å². The van der Waals surface area contributed by atoms with Crippen LogP contribution in [0.1, 0.15) is 31.9 Å². The number of aromatic nitrogens is 3. The molecule has 1 aromatic carbocycles. The third-order valence-corrected chi connectivity index (χ3v) is 2.60. The van der Waals surface area contributed by atoms with Gasteiger partial charge in [0.25, 0.3) is 0 Å². The number of benzene rings is 1. The van der Waals surface area contributed by atoms with Crippen molar-refractivity contribution in [1.29, 1.82) is 0 Å². The van der Waals surface area contributed by atoms with Crippen molar-refractivity contribution in [3.05, 3.63) is 48.0 Å². The minimum Gasteiger partial charge on any atom is -0.460 e. The van der Waals surface area contributed by atoms with E-state index in [1.807, 2.05) is 45.0 Å². The predicted molar refractivity (Wildman–Crippen MR) is 75.1 cm³/mol. The summed E-state index contributed by atoms with van der Waals surface area (Å²) in [5.74, 6) is -0.207. The van der Waals surface area contributed by atoms with Crippen LogP contribution in [0.5, 0.6) is 0 Å². The fraction of sp³-hybridized carbons (Fsp3) is 0.400. The molecule has 1 heterocycles. The average molecular weight is 273 g/mol. The van der Waals surface area contributed by atoms with Gasteiger partial charge in [-0.3, -0.25) is 4.79 Å². The van der Waals surface area contributed by atoms with Crippen molar-refractivity contribution < 1.29 is 9.53 Å². The van der Waals surface area contributed by atoms with Crippen LogP contribution in [0.2, 0.25) is 0 Å². The third kappa shape index (κ3) is 4.50. The quantitative estimate of drug-likeness (QED) is 0.801. The molecule has 2 rings (SSSR count). The summed E-state index contributed by atoms with van der Waals surface area (Å²) in [6.45, 7) is 6.27. The Morgan fingerprint density at radius 3 is 2.40 bits per heavy atom. The Hall–Kier alpha value is -2.17. The second-order valence-electron chi connectivity index (χ2n) is 5.67. The summed E-state index contributed by atoms with van der Waals surface area (Å²) in [6.07, 6.45) is 3.48. The van der Waals surface area contributed by atoms with E-state index in [0.29, 0.717) is 13.0 Å². The summed E-state index contributed by atoms with van der Waals surface area (Å²) in [7, 11) is 0. The van der Waals surface area contributed by atoms with Crippen molar-refractivity contribution in [2.45, 2.75) is 39.3 Å². The molecule has 0 saturated carbocycles. The lowest BCUT2D eigenvalue weighted by atomic mass is 10.1. The Balaban J connectivity index is 1.93. The van der Waals surface area contributed by atoms with Gasteiger partial charge in [-0.1, -0.05) is 24.3 Å². The Morgan fingerprint density at radius 1 is 1.20 bits per heavy atom. The van der Waals surface area contributed by atoms with Crippen LogP contribution in [-0.2, 0) is 22.5 Å². The van der Waals surface area contributed by atoms with E-state index in [2.05, 4.69) is 10.1 Å². The fourth-order valence-electron chi connectivity index (χ4n) is 1.81. The van der Waals surface area contributed by atoms with Crippen LogP contribution in [0.4, 0.5) is 0 Å². The minimum atomic E-state index is -0.440. The zero-order valence-electron chi connectivity index (χ0n) is 12.0. The van der Waals surface area contributed by atoms with Gasteiger partial charge in [0.05, 0.1) is 13.0 Å². The van der Waals surface area contributed by atoms with Gasteiger partial charge >= 0.3 is 5.97 Å². The lowest BCUT2D eigenvalue weighted by Crippen LogP contribution is -2.24. The second-order valence-corrected chi connectivity index (χ2v) is 5.67. The van der Waals surface area contributed by atoms with Gasteiger partial charge in [-0.05, 0) is 31.9 Å². The number of esters is 1. The number of rotatable bonds is 4. The molecule has 0 amide bonds. The van der Waals surface area contributed by atoms with Crippen molar-refractivity contribution in [3.8, 4) is 0 Å². The lowest BCUT2D eigenvalue weighted by molar-refractivity contribution is -0.153. The molecule has 5 heteroatoms. The van der Waals surface area contributed by atoms with Gasteiger partial charge in [0.1, 0.15) is 18.3 Å². The van der Waals surface area contributed by atoms with Gasteiger partial charge in [0.15, 0.2) is 0 Å². The molecule has 0 atom stereocenters. The maximum absolute atomic E-state index is 11.7. The van der Waals surface area contributed by atoms with Crippen molar-refractivity contribution in [2.24, 2.45) is 0 Å². The molecule has 0 spiro atoms. The number of carbonyl (C=O) groups is 1. The molecule has 0 aliphatic rings. The molecular weight excluding hydrogens is 254 g/mol. The van der Waals surface area contributed by atoms with E-state index in [0.717, 1.165) is 11.1 Å². The topological polar surface area (TPSA) is 57.0 Å². The average Bonchev–Trinajstić information content (AvgIpc) is 2.82. The Labute approximate surface area is 118 Å². The molecule has 0 saturated heterocycles. The molecule has 106 valence electrons. The van der Waals surface area contributed by atoms with Crippen molar-refractivity contribution in [3.63, 3.8) is 0 Å². The van der Waals surface area contributed by atoms with Crippen LogP contribution in [0.25, 0.3) is 0 Å². The van der Waals surface area contributed by atoms with E-state index in [1.54, 1.807) is 11.0 Å². The summed E-state index contributed by atoms with van der Waals surface area (Å²) in [4.78, 5) is 15.6. The van der Waals surface area contributed by atoms with Crippen LogP contribution in [-0.4, -0.2) is 26.3 Å². The first-order valence-electron chi connectivity index (χ1n) is 6.54. The van der Waals surface area contributed by atoms with Crippen LogP contribution >= 0.6 is 0 Å². The van der Waals surface area contributed by atoms with Crippen LogP contribution in [0.3, 0.4) is 0 Å². The van der Waals surface area contributed by atoms with Crippen LogP contribution in [0.15, 0.2) is 36.9 Å². The second kappa shape index (κ2) is 5.86. The van der Waals surface area contributed by atoms with E-state index < -0.39 is 5.60 Å². The standard InChI is InChI=1S/C15H19N3O2/c1-15(2,3)20-14(19)8-12-4-6-13(7-5-12)9-18-11-16-10-17-18/h4-7,10-11H,8-9H2,1-3H3. The molecule has 0 aliphatic carbocycles. The monoisotopic (exact) mass is 273 g/mol. The molecule has 20 heavy (non-hydrogen) atoms. The first kappa shape index (κ1) is 14.2. The fourth-order valence-corrected chi connectivity index (χ4v) is 1.81. The van der Waals surface area contributed by atoms with Crippen molar-refractivity contribution >= 4 is 5.97 Å². The van der Waals surface area contributed by atoms with Crippen LogP contribution < -0.4 is 0 Å². The number of nitrogens with zero attached hydrogens (tertiary/aromatic N) is 3. The number of ether oxygens (including phenoxy) is 1. The summed E-state index contributed by atoms with van der Waals surface area (Å²) < 4.78 is 7.05. The molecule has 1 aromatic heterocycles. The summed E-state index contributed by atoms with van der Waals surface area (Å²) in [6, 6.07) is 7.86. The molecule has 0 fully saturated rings. The van der Waals surface area contributed by atoms with Gasteiger partial charge in [-0.15, -0.1) is 0 Å². The molecular formula is C15H19N3O2. The molecule has 2 aromatic rings. The molecule has 0 N–H and O–H groups in total. The largest absolute Gasteiger partial charge is 0.460 e. The highest BCUT2D eigenvalue weighted by atomic mass is 16.6. The highest BCUT2D eigenvalue weighted by Gasteiger charge is 2.16. The third-order valence-electron chi connectivity index (χ3n) is 2.60. The van der Waals surface area contributed by atoms with Gasteiger partial charge in [-0.2, -0.15) is 5.10 Å². The first-order chi connectivity index (χ1) is 9.42. The first-order valence-corrected chi connectivity index (χ1v) is 6.54. The maximum Gasteiger partial charge on any atom is 0.310 e. The van der Waals surface area contributed by atoms with E-state index in [1.165, 1.54) is 6.33 Å². The zero-order chi connectivity index (χ0) is 14.6. The maximum atomic E-state index is 11.7. The SMILES string of the molecule is CC(C)(C)OC(=O)Cc1ccc(Cn2cncn2)cc1. The van der Waals surface area contributed by atoms with Gasteiger partial charge in [0.2, 0.25) is 0 Å². The minimum absolute atomic E-state index is 0.207. The smallest absolute Gasteiger partial charge is 0.310 e. The number of carbonyl (C=O) groups excluding carboxylic acids is 1. The predicted octanol–water partition coefficient (Wildman–Crippen LogP) is 2.21. The van der Waals surface area contributed by atoms with E-state index in [4.69, 9.17) is 4.74 Å². The molecule has 0 aliphatic heterocycles. The number of hydrogen-bond acceptors (Lipinski definition) is 4. The summed E-state index contributed by atoms with van der Waals surface area (Å²) >= 11 is 0. The molecule has 0 bridgehead atoms. The summed E-state index contributed by atoms with van der Waals surface area (Å²) in [5.41, 5.74) is 1.62. The lowest BCUT2D eigenvalue weighted by Gasteiger charge is -2.19. The van der Waals surface area contributed by atoms with Gasteiger partial charge in [0, 0.05) is 0 Å².